The van der Waals surface area contributed by atoms with Crippen molar-refractivity contribution in [2.45, 2.75) is 75.7 Å². The van der Waals surface area contributed by atoms with Crippen LogP contribution in [0.2, 0.25) is 0 Å². The van der Waals surface area contributed by atoms with Crippen molar-refractivity contribution in [1.82, 2.24) is 10.2 Å². The van der Waals surface area contributed by atoms with Crippen LogP contribution in [-0.4, -0.2) is 40.4 Å². The van der Waals surface area contributed by atoms with E-state index in [4.69, 9.17) is 0 Å². The van der Waals surface area contributed by atoms with Gasteiger partial charge in [0.15, 0.2) is 0 Å². The summed E-state index contributed by atoms with van der Waals surface area (Å²) in [7, 11) is 0. The minimum Gasteiger partial charge on any atom is -0.297 e. The topological polar surface area (TPSA) is 63.4 Å². The molecule has 1 heterocycles. The average Bonchev–Trinajstić information content (AvgIpc) is 3.36. The number of carbonyl (C=O) groups is 2. The predicted octanol–water partition coefficient (Wildman–Crippen LogP) is 2.25. The SMILES string of the molecule is O=C(N[C@@]1(C(F)(F)F)[NH+]=C(c2ccccc2)N(C2CCCC2)C1=O)C1CCCCC1. The summed E-state index contributed by atoms with van der Waals surface area (Å²) in [6.07, 6.45) is 1.75. The van der Waals surface area contributed by atoms with Crippen LogP contribution in [-0.2, 0) is 9.59 Å². The molecule has 0 aromatic heterocycles. The van der Waals surface area contributed by atoms with Gasteiger partial charge in [-0.05, 0) is 50.7 Å². The highest BCUT2D eigenvalue weighted by molar-refractivity contribution is 6.11. The molecule has 0 radical (unpaired) electrons. The minimum absolute atomic E-state index is 0.119. The Morgan fingerprint density at radius 1 is 1.00 bits per heavy atom. The van der Waals surface area contributed by atoms with Crippen molar-refractivity contribution in [3.63, 3.8) is 0 Å². The van der Waals surface area contributed by atoms with Gasteiger partial charge in [0.25, 0.3) is 5.84 Å². The fourth-order valence-corrected chi connectivity index (χ4v) is 4.89. The number of hydrogen-bond acceptors (Lipinski definition) is 2. The number of nitrogens with zero attached hydrogens (tertiary/aromatic N) is 1. The van der Waals surface area contributed by atoms with Crippen molar-refractivity contribution >= 4 is 17.6 Å². The first-order valence-corrected chi connectivity index (χ1v) is 10.8. The monoisotopic (exact) mass is 422 g/mol. The summed E-state index contributed by atoms with van der Waals surface area (Å²) in [4.78, 5) is 29.9. The van der Waals surface area contributed by atoms with Crippen LogP contribution < -0.4 is 10.3 Å². The van der Waals surface area contributed by atoms with Gasteiger partial charge in [0.2, 0.25) is 5.91 Å². The molecule has 0 spiro atoms. The third-order valence-corrected chi connectivity index (χ3v) is 6.54. The first kappa shape index (κ1) is 20.9. The third kappa shape index (κ3) is 3.61. The van der Waals surface area contributed by atoms with Crippen molar-refractivity contribution in [1.29, 1.82) is 0 Å². The molecule has 1 aromatic rings. The molecule has 30 heavy (non-hydrogen) atoms. The number of nitrogens with one attached hydrogen (secondary N) is 2. The van der Waals surface area contributed by atoms with Gasteiger partial charge in [0.05, 0.1) is 5.56 Å². The van der Waals surface area contributed by atoms with Gasteiger partial charge in [-0.2, -0.15) is 18.1 Å². The first-order chi connectivity index (χ1) is 14.3. The van der Waals surface area contributed by atoms with Gasteiger partial charge in [-0.15, -0.1) is 0 Å². The number of benzene rings is 1. The van der Waals surface area contributed by atoms with Gasteiger partial charge in [0.1, 0.15) is 6.04 Å². The number of carbonyl (C=O) groups excluding carboxylic acids is 2. The van der Waals surface area contributed by atoms with E-state index in [2.05, 4.69) is 10.3 Å². The Morgan fingerprint density at radius 2 is 1.60 bits per heavy atom. The fourth-order valence-electron chi connectivity index (χ4n) is 4.89. The zero-order valence-corrected chi connectivity index (χ0v) is 16.8. The van der Waals surface area contributed by atoms with Gasteiger partial charge in [-0.25, -0.2) is 9.79 Å². The quantitative estimate of drug-likeness (QED) is 0.782. The van der Waals surface area contributed by atoms with Crippen molar-refractivity contribution in [2.75, 3.05) is 0 Å². The van der Waals surface area contributed by atoms with Crippen LogP contribution in [0, 0.1) is 5.92 Å². The van der Waals surface area contributed by atoms with Gasteiger partial charge < -0.3 is 0 Å². The number of amidine groups is 1. The lowest BCUT2D eigenvalue weighted by atomic mass is 9.88. The van der Waals surface area contributed by atoms with Crippen LogP contribution in [0.4, 0.5) is 13.2 Å². The zero-order chi connectivity index (χ0) is 21.4. The molecule has 2 N–H and O–H groups in total. The average molecular weight is 422 g/mol. The Balaban J connectivity index is 1.75. The second-order valence-corrected chi connectivity index (χ2v) is 8.53. The summed E-state index contributed by atoms with van der Waals surface area (Å²) in [5, 5.41) is 2.12. The molecular weight excluding hydrogens is 395 g/mol. The van der Waals surface area contributed by atoms with E-state index in [0.29, 0.717) is 31.2 Å². The second kappa shape index (κ2) is 8.04. The Morgan fingerprint density at radius 3 is 2.20 bits per heavy atom. The van der Waals surface area contributed by atoms with Crippen LogP contribution in [0.1, 0.15) is 63.4 Å². The summed E-state index contributed by atoms with van der Waals surface area (Å²) in [5.41, 5.74) is -2.63. The summed E-state index contributed by atoms with van der Waals surface area (Å²) in [6, 6.07) is 8.24. The molecule has 2 amide bonds. The molecule has 2 fully saturated rings. The van der Waals surface area contributed by atoms with Crippen LogP contribution in [0.3, 0.4) is 0 Å². The maximum absolute atomic E-state index is 14.4. The first-order valence-electron chi connectivity index (χ1n) is 10.8. The van der Waals surface area contributed by atoms with E-state index in [-0.39, 0.29) is 11.9 Å². The molecule has 0 saturated heterocycles. The van der Waals surface area contributed by atoms with E-state index in [1.165, 1.54) is 4.90 Å². The standard InChI is InChI=1S/C22H26F3N3O2/c23-22(24,25)21(27-19(29)16-11-5-2-6-12-16)20(30)28(17-13-7-8-14-17)18(26-21)15-9-3-1-4-10-15/h1,3-4,9-10,16-17H,2,5-8,11-14H2,(H,27,29)/p+1/t21-/m0/s1. The normalized spacial score (nSPS) is 26.2. The zero-order valence-electron chi connectivity index (χ0n) is 16.8. The van der Waals surface area contributed by atoms with Crippen LogP contribution in [0.25, 0.3) is 0 Å². The van der Waals surface area contributed by atoms with Crippen LogP contribution in [0.5, 0.6) is 0 Å². The molecule has 4 rings (SSSR count). The lowest BCUT2D eigenvalue weighted by molar-refractivity contribution is -0.581. The van der Waals surface area contributed by atoms with Gasteiger partial charge in [0, 0.05) is 5.92 Å². The maximum Gasteiger partial charge on any atom is 0.465 e. The van der Waals surface area contributed by atoms with E-state index < -0.39 is 29.6 Å². The van der Waals surface area contributed by atoms with Gasteiger partial charge >= 0.3 is 17.7 Å². The number of amides is 2. The van der Waals surface area contributed by atoms with E-state index in [0.717, 1.165) is 32.1 Å². The number of rotatable bonds is 4. The molecule has 1 aliphatic heterocycles. The molecule has 162 valence electrons. The van der Waals surface area contributed by atoms with Gasteiger partial charge in [-0.1, -0.05) is 37.5 Å². The molecule has 8 heteroatoms. The van der Waals surface area contributed by atoms with E-state index >= 15 is 0 Å². The summed E-state index contributed by atoms with van der Waals surface area (Å²) in [6.45, 7) is 0. The molecule has 3 aliphatic rings. The Kier molecular flexibility index (Phi) is 5.59. The number of hydrogen-bond donors (Lipinski definition) is 2. The van der Waals surface area contributed by atoms with Gasteiger partial charge in [-0.3, -0.25) is 10.1 Å². The van der Waals surface area contributed by atoms with Crippen LogP contribution >= 0.6 is 0 Å². The number of alkyl halides is 3. The largest absolute Gasteiger partial charge is 0.465 e. The highest BCUT2D eigenvalue weighted by Gasteiger charge is 2.73. The molecule has 5 nitrogen and oxygen atoms in total. The van der Waals surface area contributed by atoms with Crippen molar-refractivity contribution < 1.29 is 27.8 Å². The maximum atomic E-state index is 14.4. The van der Waals surface area contributed by atoms with E-state index in [1.807, 2.05) is 0 Å². The molecule has 0 unspecified atom stereocenters. The van der Waals surface area contributed by atoms with Crippen molar-refractivity contribution in [3.05, 3.63) is 35.9 Å². The summed E-state index contributed by atoms with van der Waals surface area (Å²) in [5.74, 6) is -2.21. The highest BCUT2D eigenvalue weighted by Crippen LogP contribution is 2.34. The lowest BCUT2D eigenvalue weighted by Gasteiger charge is -2.29. The van der Waals surface area contributed by atoms with E-state index in [1.54, 1.807) is 30.3 Å². The lowest BCUT2D eigenvalue weighted by Crippen LogP contribution is -2.96. The minimum atomic E-state index is -4.98. The Hall–Kier alpha value is -2.38. The molecule has 1 atom stereocenters. The summed E-state index contributed by atoms with van der Waals surface area (Å²) >= 11 is 0. The van der Waals surface area contributed by atoms with E-state index in [9.17, 15) is 22.8 Å². The fraction of sp³-hybridized carbons (Fsp3) is 0.591. The molecule has 2 saturated carbocycles. The molecule has 0 bridgehead atoms. The molecule has 2 aliphatic carbocycles. The predicted molar refractivity (Wildman–Crippen MR) is 104 cm³/mol. The molecular formula is C22H27F3N3O2+. The second-order valence-electron chi connectivity index (χ2n) is 8.53. The number of halogens is 3. The van der Waals surface area contributed by atoms with Crippen LogP contribution in [0.15, 0.2) is 30.3 Å². The third-order valence-electron chi connectivity index (χ3n) is 6.54. The van der Waals surface area contributed by atoms with Crippen molar-refractivity contribution in [2.24, 2.45) is 5.92 Å². The molecule has 1 aromatic carbocycles. The van der Waals surface area contributed by atoms with Crippen molar-refractivity contribution in [3.8, 4) is 0 Å². The Bertz CT molecular complexity index is 828. The Labute approximate surface area is 173 Å². The highest BCUT2D eigenvalue weighted by atomic mass is 19.4. The smallest absolute Gasteiger partial charge is 0.297 e. The summed E-state index contributed by atoms with van der Waals surface area (Å²) < 4.78 is 43.2.